The number of hydrogen-bond acceptors (Lipinski definition) is 3. The monoisotopic (exact) mass is 373 g/mol. The Morgan fingerprint density at radius 1 is 1.22 bits per heavy atom. The van der Waals surface area contributed by atoms with Gasteiger partial charge in [0.2, 0.25) is 0 Å². The van der Waals surface area contributed by atoms with Crippen molar-refractivity contribution in [2.75, 3.05) is 26.2 Å². The fraction of sp³-hybridized carbons (Fsp3) is 0.619. The normalized spacial score (nSPS) is 13.1. The third kappa shape index (κ3) is 6.54. The van der Waals surface area contributed by atoms with Crippen LogP contribution in [0.2, 0.25) is 0 Å². The highest BCUT2D eigenvalue weighted by molar-refractivity contribution is 5.79. The number of aliphatic imine (C=N–C) groups is 1. The number of aromatic nitrogens is 2. The number of nitrogens with one attached hydrogen (secondary N) is 2. The van der Waals surface area contributed by atoms with Gasteiger partial charge in [0.05, 0.1) is 11.0 Å². The average Bonchev–Trinajstić information content (AvgIpc) is 2.98. The third-order valence-corrected chi connectivity index (χ3v) is 4.78. The van der Waals surface area contributed by atoms with E-state index < -0.39 is 0 Å². The van der Waals surface area contributed by atoms with Crippen LogP contribution in [0, 0.1) is 12.8 Å². The number of aliphatic hydroxyl groups excluding tert-OH is 1. The van der Waals surface area contributed by atoms with Gasteiger partial charge >= 0.3 is 0 Å². The van der Waals surface area contributed by atoms with E-state index in [4.69, 9.17) is 4.99 Å². The van der Waals surface area contributed by atoms with Gasteiger partial charge in [0.25, 0.3) is 0 Å². The van der Waals surface area contributed by atoms with E-state index >= 15 is 0 Å². The van der Waals surface area contributed by atoms with Crippen molar-refractivity contribution in [2.24, 2.45) is 10.9 Å². The van der Waals surface area contributed by atoms with Crippen LogP contribution in [-0.4, -0.2) is 46.9 Å². The molecule has 0 saturated heterocycles. The third-order valence-electron chi connectivity index (χ3n) is 4.78. The number of rotatable bonds is 11. The summed E-state index contributed by atoms with van der Waals surface area (Å²) in [6.07, 6.45) is 4.06. The molecule has 1 unspecified atom stereocenters. The number of hydrogen-bond donors (Lipinski definition) is 3. The van der Waals surface area contributed by atoms with E-state index in [9.17, 15) is 5.11 Å². The Bertz CT molecular complexity index is 704. The number of guanidine groups is 1. The highest BCUT2D eigenvalue weighted by Gasteiger charge is 2.08. The number of aryl methyl sites for hydroxylation is 2. The van der Waals surface area contributed by atoms with Gasteiger partial charge in [-0.05, 0) is 51.2 Å². The number of nitrogens with zero attached hydrogens (tertiary/aromatic N) is 3. The van der Waals surface area contributed by atoms with Gasteiger partial charge in [-0.3, -0.25) is 4.99 Å². The van der Waals surface area contributed by atoms with E-state index in [1.54, 1.807) is 0 Å². The number of imidazole rings is 1. The second-order valence-corrected chi connectivity index (χ2v) is 6.97. The van der Waals surface area contributed by atoms with Gasteiger partial charge in [-0.2, -0.15) is 0 Å². The molecule has 0 bridgehead atoms. The molecule has 0 saturated carbocycles. The highest BCUT2D eigenvalue weighted by atomic mass is 16.3. The molecule has 0 fully saturated rings. The predicted molar refractivity (Wildman–Crippen MR) is 113 cm³/mol. The second kappa shape index (κ2) is 11.6. The lowest BCUT2D eigenvalue weighted by Crippen LogP contribution is -2.38. The lowest BCUT2D eigenvalue weighted by Gasteiger charge is -2.15. The summed E-state index contributed by atoms with van der Waals surface area (Å²) in [5.74, 6) is 2.38. The maximum atomic E-state index is 9.21. The van der Waals surface area contributed by atoms with Crippen LogP contribution in [0.5, 0.6) is 0 Å². The summed E-state index contributed by atoms with van der Waals surface area (Å²) in [7, 11) is 0. The average molecular weight is 374 g/mol. The minimum atomic E-state index is 0.238. The minimum Gasteiger partial charge on any atom is -0.396 e. The van der Waals surface area contributed by atoms with Gasteiger partial charge in [-0.25, -0.2) is 4.98 Å². The molecule has 27 heavy (non-hydrogen) atoms. The van der Waals surface area contributed by atoms with Crippen LogP contribution in [0.4, 0.5) is 0 Å². The Morgan fingerprint density at radius 2 is 2.04 bits per heavy atom. The molecule has 150 valence electrons. The van der Waals surface area contributed by atoms with Crippen molar-refractivity contribution in [3.63, 3.8) is 0 Å². The van der Waals surface area contributed by atoms with Gasteiger partial charge in [-0.15, -0.1) is 0 Å². The number of para-hydroxylation sites is 2. The zero-order chi connectivity index (χ0) is 19.5. The quantitative estimate of drug-likeness (QED) is 0.321. The van der Waals surface area contributed by atoms with E-state index in [-0.39, 0.29) is 6.61 Å². The zero-order valence-electron chi connectivity index (χ0n) is 17.0. The molecule has 0 radical (unpaired) electrons. The first-order valence-corrected chi connectivity index (χ1v) is 10.2. The summed E-state index contributed by atoms with van der Waals surface area (Å²) in [5, 5.41) is 16.0. The summed E-state index contributed by atoms with van der Waals surface area (Å²) >= 11 is 0. The Balaban J connectivity index is 1.86. The molecule has 0 aliphatic carbocycles. The number of fused-ring (bicyclic) bond motifs is 1. The van der Waals surface area contributed by atoms with Crippen molar-refractivity contribution in [2.45, 2.75) is 53.0 Å². The maximum Gasteiger partial charge on any atom is 0.191 e. The van der Waals surface area contributed by atoms with E-state index in [0.717, 1.165) is 69.2 Å². The van der Waals surface area contributed by atoms with Crippen LogP contribution < -0.4 is 10.6 Å². The molecule has 2 aromatic rings. The van der Waals surface area contributed by atoms with Gasteiger partial charge in [0, 0.05) is 32.8 Å². The fourth-order valence-corrected chi connectivity index (χ4v) is 3.40. The standard InChI is InChI=1S/C21H35N5O/c1-4-9-18(12-15-27)16-24-21(22-5-2)23-13-8-14-26-17(3)25-19-10-6-7-11-20(19)26/h6-7,10-11,18,27H,4-5,8-9,12-16H2,1-3H3,(H2,22,23,24). The van der Waals surface area contributed by atoms with Crippen molar-refractivity contribution in [1.82, 2.24) is 20.2 Å². The first kappa shape index (κ1) is 21.2. The van der Waals surface area contributed by atoms with Crippen LogP contribution in [0.25, 0.3) is 11.0 Å². The molecular weight excluding hydrogens is 338 g/mol. The van der Waals surface area contributed by atoms with Crippen molar-refractivity contribution in [3.8, 4) is 0 Å². The molecule has 0 spiro atoms. The van der Waals surface area contributed by atoms with Crippen LogP contribution >= 0.6 is 0 Å². The van der Waals surface area contributed by atoms with Crippen LogP contribution in [-0.2, 0) is 6.54 Å². The van der Waals surface area contributed by atoms with E-state index in [1.165, 1.54) is 5.52 Å². The molecule has 6 heteroatoms. The predicted octanol–water partition coefficient (Wildman–Crippen LogP) is 3.09. The molecule has 6 nitrogen and oxygen atoms in total. The van der Waals surface area contributed by atoms with Crippen molar-refractivity contribution < 1.29 is 5.11 Å². The lowest BCUT2D eigenvalue weighted by atomic mass is 10.0. The van der Waals surface area contributed by atoms with Gasteiger partial charge in [0.15, 0.2) is 5.96 Å². The summed E-state index contributed by atoms with van der Waals surface area (Å²) in [4.78, 5) is 9.34. The summed E-state index contributed by atoms with van der Waals surface area (Å²) < 4.78 is 2.28. The minimum absolute atomic E-state index is 0.238. The Labute approximate surface area is 163 Å². The molecule has 1 heterocycles. The first-order chi connectivity index (χ1) is 13.2. The van der Waals surface area contributed by atoms with Crippen molar-refractivity contribution >= 4 is 17.0 Å². The van der Waals surface area contributed by atoms with Crippen LogP contribution in [0.15, 0.2) is 29.3 Å². The van der Waals surface area contributed by atoms with Crippen molar-refractivity contribution in [1.29, 1.82) is 0 Å². The fourth-order valence-electron chi connectivity index (χ4n) is 3.40. The largest absolute Gasteiger partial charge is 0.396 e. The van der Waals surface area contributed by atoms with Gasteiger partial charge < -0.3 is 20.3 Å². The number of aliphatic hydroxyl groups is 1. The molecule has 1 aromatic carbocycles. The summed E-state index contributed by atoms with van der Waals surface area (Å²) in [5.41, 5.74) is 2.26. The summed E-state index contributed by atoms with van der Waals surface area (Å²) in [6.45, 7) is 9.95. The Hall–Kier alpha value is -2.08. The number of benzene rings is 1. The lowest BCUT2D eigenvalue weighted by molar-refractivity contribution is 0.253. The molecule has 0 aliphatic rings. The maximum absolute atomic E-state index is 9.21. The SMILES string of the molecule is CCCC(CCO)CN=C(NCC)NCCCn1c(C)nc2ccccc21. The second-order valence-electron chi connectivity index (χ2n) is 6.97. The molecule has 2 rings (SSSR count). The Morgan fingerprint density at radius 3 is 2.78 bits per heavy atom. The molecule has 0 aliphatic heterocycles. The molecular formula is C21H35N5O. The first-order valence-electron chi connectivity index (χ1n) is 10.2. The van der Waals surface area contributed by atoms with Crippen molar-refractivity contribution in [3.05, 3.63) is 30.1 Å². The molecule has 3 N–H and O–H groups in total. The highest BCUT2D eigenvalue weighted by Crippen LogP contribution is 2.15. The van der Waals surface area contributed by atoms with Crippen LogP contribution in [0.1, 0.15) is 45.4 Å². The van der Waals surface area contributed by atoms with E-state index in [2.05, 4.69) is 59.2 Å². The van der Waals surface area contributed by atoms with E-state index in [1.807, 2.05) is 6.07 Å². The summed E-state index contributed by atoms with van der Waals surface area (Å²) in [6, 6.07) is 8.28. The topological polar surface area (TPSA) is 74.5 Å². The van der Waals surface area contributed by atoms with Crippen LogP contribution in [0.3, 0.4) is 0 Å². The Kier molecular flexibility index (Phi) is 9.11. The molecule has 1 aromatic heterocycles. The smallest absolute Gasteiger partial charge is 0.191 e. The molecule has 1 atom stereocenters. The van der Waals surface area contributed by atoms with E-state index in [0.29, 0.717) is 5.92 Å². The zero-order valence-corrected chi connectivity index (χ0v) is 17.0. The van der Waals surface area contributed by atoms with Gasteiger partial charge in [-0.1, -0.05) is 25.5 Å². The molecule has 0 amide bonds. The van der Waals surface area contributed by atoms with Gasteiger partial charge in [0.1, 0.15) is 5.82 Å².